The Morgan fingerprint density at radius 1 is 1.18 bits per heavy atom. The average Bonchev–Trinajstić information content (AvgIpc) is 3.24. The molecule has 22 heavy (non-hydrogen) atoms. The quantitative estimate of drug-likeness (QED) is 0.672. The molecule has 1 aliphatic rings. The molecule has 4 rings (SSSR count). The van der Waals surface area contributed by atoms with Gasteiger partial charge >= 0.3 is 0 Å². The summed E-state index contributed by atoms with van der Waals surface area (Å²) in [5.41, 5.74) is 0.775. The molecule has 1 aliphatic heterocycles. The van der Waals surface area contributed by atoms with Crippen LogP contribution in [0.4, 0.5) is 0 Å². The minimum Gasteiger partial charge on any atom is -0.454 e. The number of rotatable bonds is 4. The van der Waals surface area contributed by atoms with Gasteiger partial charge in [0.1, 0.15) is 0 Å². The lowest BCUT2D eigenvalue weighted by atomic mass is 10.2. The maximum atomic E-state index is 5.61. The van der Waals surface area contributed by atoms with Gasteiger partial charge in [-0.2, -0.15) is 4.98 Å². The van der Waals surface area contributed by atoms with Gasteiger partial charge in [0.2, 0.25) is 18.6 Å². The molecule has 3 heterocycles. The molecule has 0 atom stereocenters. The third kappa shape index (κ3) is 2.50. The molecule has 0 saturated heterocycles. The summed E-state index contributed by atoms with van der Waals surface area (Å²) in [5, 5.41) is 12.2. The molecule has 0 unspecified atom stereocenters. The van der Waals surface area contributed by atoms with E-state index in [1.807, 2.05) is 18.2 Å². The number of aryl methyl sites for hydroxylation is 1. The van der Waals surface area contributed by atoms with Crippen LogP contribution >= 0.6 is 11.8 Å². The summed E-state index contributed by atoms with van der Waals surface area (Å²) in [7, 11) is 0. The Labute approximate surface area is 128 Å². The summed E-state index contributed by atoms with van der Waals surface area (Å²) in [4.78, 5) is 4.11. The number of ether oxygens (including phenoxy) is 2. The summed E-state index contributed by atoms with van der Waals surface area (Å²) < 4.78 is 21.2. The van der Waals surface area contributed by atoms with Gasteiger partial charge < -0.3 is 18.4 Å². The van der Waals surface area contributed by atoms with Gasteiger partial charge in [-0.05, 0) is 25.1 Å². The summed E-state index contributed by atoms with van der Waals surface area (Å²) in [5.74, 6) is 3.40. The number of nitrogens with zero attached hydrogens (tertiary/aromatic N) is 4. The van der Waals surface area contributed by atoms with Gasteiger partial charge in [-0.15, -0.1) is 10.2 Å². The first-order valence-corrected chi connectivity index (χ1v) is 7.42. The normalized spacial score (nSPS) is 12.8. The highest BCUT2D eigenvalue weighted by molar-refractivity contribution is 7.98. The van der Waals surface area contributed by atoms with Crippen LogP contribution < -0.4 is 9.47 Å². The fourth-order valence-corrected chi connectivity index (χ4v) is 2.54. The van der Waals surface area contributed by atoms with Crippen molar-refractivity contribution in [2.75, 3.05) is 6.79 Å². The maximum Gasteiger partial charge on any atom is 0.277 e. The second-order valence-electron chi connectivity index (χ2n) is 4.47. The zero-order valence-corrected chi connectivity index (χ0v) is 12.3. The van der Waals surface area contributed by atoms with E-state index in [-0.39, 0.29) is 6.79 Å². The molecule has 0 radical (unpaired) electrons. The van der Waals surface area contributed by atoms with Crippen molar-refractivity contribution < 1.29 is 18.4 Å². The summed E-state index contributed by atoms with van der Waals surface area (Å²) >= 11 is 1.34. The van der Waals surface area contributed by atoms with Gasteiger partial charge in [-0.3, -0.25) is 0 Å². The molecular formula is C13H10N4O4S. The minimum atomic E-state index is 0.229. The highest BCUT2D eigenvalue weighted by Crippen LogP contribution is 2.36. The van der Waals surface area contributed by atoms with Gasteiger partial charge in [0.25, 0.3) is 5.22 Å². The molecule has 2 aromatic heterocycles. The van der Waals surface area contributed by atoms with E-state index in [0.29, 0.717) is 40.1 Å². The van der Waals surface area contributed by atoms with E-state index < -0.39 is 0 Å². The summed E-state index contributed by atoms with van der Waals surface area (Å²) in [6.45, 7) is 2.00. The van der Waals surface area contributed by atoms with Crippen molar-refractivity contribution in [1.82, 2.24) is 20.3 Å². The molecule has 3 aromatic rings. The monoisotopic (exact) mass is 318 g/mol. The topological polar surface area (TPSA) is 96.3 Å². The van der Waals surface area contributed by atoms with Crippen molar-refractivity contribution in [3.63, 3.8) is 0 Å². The second kappa shape index (κ2) is 5.34. The smallest absolute Gasteiger partial charge is 0.277 e. The van der Waals surface area contributed by atoms with Crippen molar-refractivity contribution in [2.24, 2.45) is 0 Å². The molecule has 0 N–H and O–H groups in total. The highest BCUT2D eigenvalue weighted by atomic mass is 32.2. The predicted molar refractivity (Wildman–Crippen MR) is 74.5 cm³/mol. The van der Waals surface area contributed by atoms with Gasteiger partial charge in [-0.1, -0.05) is 16.9 Å². The summed E-state index contributed by atoms with van der Waals surface area (Å²) in [6, 6.07) is 5.47. The lowest BCUT2D eigenvalue weighted by Crippen LogP contribution is -1.92. The van der Waals surface area contributed by atoms with Gasteiger partial charge in [-0.25, -0.2) is 0 Å². The third-order valence-corrected chi connectivity index (χ3v) is 3.72. The maximum absolute atomic E-state index is 5.61. The predicted octanol–water partition coefficient (Wildman–Crippen LogP) is 2.45. The SMILES string of the molecule is Cc1noc(CSc2nnc(-c3ccc4c(c3)OCO4)o2)n1. The van der Waals surface area contributed by atoms with Crippen molar-refractivity contribution in [3.8, 4) is 23.0 Å². The number of benzene rings is 1. The number of hydrogen-bond donors (Lipinski definition) is 0. The van der Waals surface area contributed by atoms with E-state index in [1.54, 1.807) is 6.92 Å². The Morgan fingerprint density at radius 3 is 2.95 bits per heavy atom. The Bertz CT molecular complexity index is 816. The number of fused-ring (bicyclic) bond motifs is 1. The van der Waals surface area contributed by atoms with Crippen LogP contribution in [-0.2, 0) is 5.75 Å². The zero-order valence-electron chi connectivity index (χ0n) is 11.5. The number of thioether (sulfide) groups is 1. The molecule has 0 aliphatic carbocycles. The van der Waals surface area contributed by atoms with Crippen molar-refractivity contribution in [2.45, 2.75) is 17.9 Å². The lowest BCUT2D eigenvalue weighted by Gasteiger charge is -1.97. The van der Waals surface area contributed by atoms with E-state index in [4.69, 9.17) is 18.4 Å². The van der Waals surface area contributed by atoms with Crippen molar-refractivity contribution in [3.05, 3.63) is 29.9 Å². The molecule has 0 saturated carbocycles. The highest BCUT2D eigenvalue weighted by Gasteiger charge is 2.17. The Morgan fingerprint density at radius 2 is 2.09 bits per heavy atom. The molecule has 0 fully saturated rings. The minimum absolute atomic E-state index is 0.229. The standard InChI is InChI=1S/C13H10N4O4S/c1-7-14-11(21-17-7)5-22-13-16-15-12(20-13)8-2-3-9-10(4-8)19-6-18-9/h2-4H,5-6H2,1H3. The molecule has 0 bridgehead atoms. The first-order chi connectivity index (χ1) is 10.8. The number of aromatic nitrogens is 4. The van der Waals surface area contributed by atoms with Gasteiger partial charge in [0.15, 0.2) is 17.3 Å². The Balaban J connectivity index is 1.49. The van der Waals surface area contributed by atoms with Crippen LogP contribution in [0.25, 0.3) is 11.5 Å². The molecule has 0 spiro atoms. The van der Waals surface area contributed by atoms with Crippen LogP contribution in [0.5, 0.6) is 11.5 Å². The first kappa shape index (κ1) is 13.1. The van der Waals surface area contributed by atoms with Crippen LogP contribution in [0.15, 0.2) is 32.4 Å². The van der Waals surface area contributed by atoms with Crippen LogP contribution in [0, 0.1) is 6.92 Å². The van der Waals surface area contributed by atoms with Crippen LogP contribution in [-0.4, -0.2) is 27.1 Å². The fourth-order valence-electron chi connectivity index (χ4n) is 1.94. The number of hydrogen-bond acceptors (Lipinski definition) is 9. The van der Waals surface area contributed by atoms with E-state index in [1.165, 1.54) is 11.8 Å². The Hall–Kier alpha value is -2.55. The molecule has 0 amide bonds. The third-order valence-electron chi connectivity index (χ3n) is 2.91. The van der Waals surface area contributed by atoms with E-state index >= 15 is 0 Å². The summed E-state index contributed by atoms with van der Waals surface area (Å²) in [6.07, 6.45) is 0. The fraction of sp³-hybridized carbons (Fsp3) is 0.231. The van der Waals surface area contributed by atoms with Crippen LogP contribution in [0.1, 0.15) is 11.7 Å². The van der Waals surface area contributed by atoms with Crippen LogP contribution in [0.2, 0.25) is 0 Å². The zero-order chi connectivity index (χ0) is 14.9. The van der Waals surface area contributed by atoms with Crippen LogP contribution in [0.3, 0.4) is 0 Å². The van der Waals surface area contributed by atoms with E-state index in [9.17, 15) is 0 Å². The lowest BCUT2D eigenvalue weighted by molar-refractivity contribution is 0.174. The van der Waals surface area contributed by atoms with Crippen molar-refractivity contribution >= 4 is 11.8 Å². The molecular weight excluding hydrogens is 308 g/mol. The molecule has 9 heteroatoms. The van der Waals surface area contributed by atoms with Gasteiger partial charge in [0.05, 0.1) is 5.75 Å². The Kier molecular flexibility index (Phi) is 3.19. The molecule has 1 aromatic carbocycles. The van der Waals surface area contributed by atoms with E-state index in [0.717, 1.165) is 5.56 Å². The second-order valence-corrected chi connectivity index (χ2v) is 5.39. The average molecular weight is 318 g/mol. The van der Waals surface area contributed by atoms with E-state index in [2.05, 4.69) is 20.3 Å². The molecule has 8 nitrogen and oxygen atoms in total. The largest absolute Gasteiger partial charge is 0.454 e. The first-order valence-electron chi connectivity index (χ1n) is 6.43. The van der Waals surface area contributed by atoms with Gasteiger partial charge in [0, 0.05) is 5.56 Å². The molecule has 112 valence electrons. The van der Waals surface area contributed by atoms with Crippen molar-refractivity contribution in [1.29, 1.82) is 0 Å².